The van der Waals surface area contributed by atoms with Gasteiger partial charge in [0, 0.05) is 37.2 Å². The summed E-state index contributed by atoms with van der Waals surface area (Å²) in [4.78, 5) is 2.37. The summed E-state index contributed by atoms with van der Waals surface area (Å²) in [5.41, 5.74) is 10.6. The maximum atomic E-state index is 2.37. The summed E-state index contributed by atoms with van der Waals surface area (Å²) in [6.45, 7) is 0. The zero-order valence-corrected chi connectivity index (χ0v) is 29.2. The highest BCUT2D eigenvalue weighted by molar-refractivity contribution is 7.26. The van der Waals surface area contributed by atoms with Gasteiger partial charge >= 0.3 is 0 Å². The molecule has 0 atom stereocenters. The lowest BCUT2D eigenvalue weighted by molar-refractivity contribution is 1.28. The second-order valence-corrected chi connectivity index (χ2v) is 14.4. The van der Waals surface area contributed by atoms with Gasteiger partial charge in [0.15, 0.2) is 0 Å². The van der Waals surface area contributed by atoms with Gasteiger partial charge < -0.3 is 4.90 Å². The van der Waals surface area contributed by atoms with Crippen molar-refractivity contribution in [3.05, 3.63) is 200 Å². The van der Waals surface area contributed by atoms with Crippen LogP contribution in [0.2, 0.25) is 0 Å². The van der Waals surface area contributed by atoms with Crippen LogP contribution in [0.15, 0.2) is 200 Å². The molecule has 0 saturated carbocycles. The van der Waals surface area contributed by atoms with E-state index in [1.54, 1.807) is 0 Å². The molecule has 0 spiro atoms. The van der Waals surface area contributed by atoms with Crippen LogP contribution < -0.4 is 4.90 Å². The van der Waals surface area contributed by atoms with E-state index in [2.05, 4.69) is 205 Å². The second kappa shape index (κ2) is 12.7. The highest BCUT2D eigenvalue weighted by Gasteiger charge is 2.16. The quantitative estimate of drug-likeness (QED) is 0.169. The molecule has 52 heavy (non-hydrogen) atoms. The first kappa shape index (κ1) is 30.4. The van der Waals surface area contributed by atoms with Gasteiger partial charge in [0.05, 0.1) is 0 Å². The number of fused-ring (bicyclic) bond motifs is 6. The monoisotopic (exact) mass is 679 g/mol. The van der Waals surface area contributed by atoms with Crippen molar-refractivity contribution in [1.82, 2.24) is 0 Å². The highest BCUT2D eigenvalue weighted by Crippen LogP contribution is 2.41. The Morgan fingerprint density at radius 3 is 1.73 bits per heavy atom. The van der Waals surface area contributed by atoms with Crippen molar-refractivity contribution in [3.8, 4) is 33.4 Å². The smallest absolute Gasteiger partial charge is 0.0467 e. The summed E-state index contributed by atoms with van der Waals surface area (Å²) in [5.74, 6) is 0. The number of rotatable bonds is 6. The molecule has 0 amide bonds. The predicted molar refractivity (Wildman–Crippen MR) is 225 cm³/mol. The number of thiophene rings is 1. The van der Waals surface area contributed by atoms with Crippen LogP contribution in [0.25, 0.3) is 75.1 Å². The molecule has 0 aliphatic heterocycles. The number of nitrogens with zero attached hydrogens (tertiary/aromatic N) is 1. The Balaban J connectivity index is 1.06. The van der Waals surface area contributed by atoms with Crippen molar-refractivity contribution < 1.29 is 0 Å². The van der Waals surface area contributed by atoms with Crippen molar-refractivity contribution in [2.75, 3.05) is 4.90 Å². The van der Waals surface area contributed by atoms with Gasteiger partial charge in [-0.05, 0) is 110 Å². The molecular weight excluding hydrogens is 647 g/mol. The van der Waals surface area contributed by atoms with Crippen molar-refractivity contribution in [3.63, 3.8) is 0 Å². The van der Waals surface area contributed by atoms with Gasteiger partial charge in [-0.2, -0.15) is 0 Å². The second-order valence-electron chi connectivity index (χ2n) is 13.3. The molecular formula is C50H33NS. The Kier molecular flexibility index (Phi) is 7.41. The molecule has 0 saturated heterocycles. The Labute approximate surface area is 307 Å². The summed E-state index contributed by atoms with van der Waals surface area (Å²) in [6, 6.07) is 72.9. The number of anilines is 3. The van der Waals surface area contributed by atoms with E-state index >= 15 is 0 Å². The zero-order valence-electron chi connectivity index (χ0n) is 28.4. The Hall–Kier alpha value is -6.48. The van der Waals surface area contributed by atoms with Crippen molar-refractivity contribution in [2.45, 2.75) is 0 Å². The fraction of sp³-hybridized carbons (Fsp3) is 0. The minimum atomic E-state index is 1.11. The average Bonchev–Trinajstić information content (AvgIpc) is 3.61. The van der Waals surface area contributed by atoms with Crippen LogP contribution in [0.5, 0.6) is 0 Å². The molecule has 0 unspecified atom stereocenters. The van der Waals surface area contributed by atoms with Crippen molar-refractivity contribution >= 4 is 70.1 Å². The van der Waals surface area contributed by atoms with E-state index < -0.39 is 0 Å². The van der Waals surface area contributed by atoms with E-state index in [1.807, 2.05) is 11.3 Å². The molecule has 0 radical (unpaired) electrons. The van der Waals surface area contributed by atoms with E-state index in [0.29, 0.717) is 0 Å². The van der Waals surface area contributed by atoms with E-state index in [4.69, 9.17) is 0 Å². The number of benzene rings is 9. The minimum absolute atomic E-state index is 1.11. The number of hydrogen-bond acceptors (Lipinski definition) is 2. The van der Waals surface area contributed by atoms with E-state index in [9.17, 15) is 0 Å². The molecule has 0 bridgehead atoms. The van der Waals surface area contributed by atoms with Crippen LogP contribution >= 0.6 is 11.3 Å². The maximum Gasteiger partial charge on any atom is 0.0467 e. The zero-order chi connectivity index (χ0) is 34.4. The summed E-state index contributed by atoms with van der Waals surface area (Å²) >= 11 is 1.87. The molecule has 1 nitrogen and oxygen atoms in total. The molecule has 0 aliphatic carbocycles. The van der Waals surface area contributed by atoms with Gasteiger partial charge in [0.1, 0.15) is 0 Å². The molecule has 1 aromatic heterocycles. The van der Waals surface area contributed by atoms with Crippen LogP contribution in [-0.4, -0.2) is 0 Å². The standard InChI is InChI=1S/C50H33NS/c1-2-10-34(11-3-1)35-20-26-41(27-21-35)51(43-15-8-14-39(33-43)45-18-9-13-37-12-4-5-16-44(37)45)42-28-22-36(23-29-42)38-24-30-46-40(32-38)25-31-49-50(46)47-17-6-7-19-48(47)52-49/h1-33H. The fourth-order valence-corrected chi connectivity index (χ4v) is 8.83. The summed E-state index contributed by atoms with van der Waals surface area (Å²) in [5, 5.41) is 7.78. The molecule has 1 heterocycles. The molecule has 10 rings (SSSR count). The molecule has 244 valence electrons. The van der Waals surface area contributed by atoms with Gasteiger partial charge in [0.25, 0.3) is 0 Å². The Bertz CT molecular complexity index is 2880. The molecule has 0 N–H and O–H groups in total. The molecule has 10 aromatic rings. The van der Waals surface area contributed by atoms with Gasteiger partial charge in [-0.3, -0.25) is 0 Å². The van der Waals surface area contributed by atoms with Gasteiger partial charge in [-0.25, -0.2) is 0 Å². The topological polar surface area (TPSA) is 3.24 Å². The first-order chi connectivity index (χ1) is 25.8. The SMILES string of the molecule is c1ccc(-c2ccc(N(c3ccc(-c4ccc5c(ccc6sc7ccccc7c65)c4)cc3)c3cccc(-c4cccc5ccccc45)c3)cc2)cc1. The lowest BCUT2D eigenvalue weighted by Crippen LogP contribution is -2.10. The molecule has 0 fully saturated rings. The lowest BCUT2D eigenvalue weighted by Gasteiger charge is -2.26. The van der Waals surface area contributed by atoms with Crippen molar-refractivity contribution in [1.29, 1.82) is 0 Å². The third kappa shape index (κ3) is 5.33. The third-order valence-corrected chi connectivity index (χ3v) is 11.4. The number of hydrogen-bond donors (Lipinski definition) is 0. The third-order valence-electron chi connectivity index (χ3n) is 10.3. The highest BCUT2D eigenvalue weighted by atomic mass is 32.1. The Morgan fingerprint density at radius 1 is 0.308 bits per heavy atom. The van der Waals surface area contributed by atoms with Crippen molar-refractivity contribution in [2.24, 2.45) is 0 Å². The maximum absolute atomic E-state index is 2.37. The van der Waals surface area contributed by atoms with Crippen LogP contribution in [0.3, 0.4) is 0 Å². The molecule has 9 aromatic carbocycles. The first-order valence-corrected chi connectivity index (χ1v) is 18.6. The van der Waals surface area contributed by atoms with Crippen LogP contribution in [0.1, 0.15) is 0 Å². The van der Waals surface area contributed by atoms with Gasteiger partial charge in [0.2, 0.25) is 0 Å². The predicted octanol–water partition coefficient (Wildman–Crippen LogP) is 14.8. The normalized spacial score (nSPS) is 11.5. The minimum Gasteiger partial charge on any atom is -0.310 e. The van der Waals surface area contributed by atoms with Crippen LogP contribution in [0.4, 0.5) is 17.1 Å². The molecule has 0 aliphatic rings. The first-order valence-electron chi connectivity index (χ1n) is 17.8. The van der Waals surface area contributed by atoms with E-state index in [1.165, 1.54) is 75.1 Å². The van der Waals surface area contributed by atoms with Crippen LogP contribution in [0, 0.1) is 0 Å². The average molecular weight is 680 g/mol. The lowest BCUT2D eigenvalue weighted by atomic mass is 9.97. The van der Waals surface area contributed by atoms with Crippen LogP contribution in [-0.2, 0) is 0 Å². The fourth-order valence-electron chi connectivity index (χ4n) is 7.71. The summed E-state index contributed by atoms with van der Waals surface area (Å²) in [7, 11) is 0. The summed E-state index contributed by atoms with van der Waals surface area (Å²) < 4.78 is 2.68. The van der Waals surface area contributed by atoms with E-state index in [0.717, 1.165) is 17.1 Å². The Morgan fingerprint density at radius 2 is 0.923 bits per heavy atom. The largest absolute Gasteiger partial charge is 0.310 e. The van der Waals surface area contributed by atoms with Gasteiger partial charge in [-0.1, -0.05) is 146 Å². The van der Waals surface area contributed by atoms with Gasteiger partial charge in [-0.15, -0.1) is 11.3 Å². The van der Waals surface area contributed by atoms with E-state index in [-0.39, 0.29) is 0 Å². The summed E-state index contributed by atoms with van der Waals surface area (Å²) in [6.07, 6.45) is 0. The molecule has 2 heteroatoms.